The minimum absolute atomic E-state index is 0.210. The normalized spacial score (nSPS) is 29.3. The first-order valence-corrected chi connectivity index (χ1v) is 5.46. The molecule has 0 fully saturated rings. The van der Waals surface area contributed by atoms with Crippen LogP contribution in [0.3, 0.4) is 0 Å². The topological polar surface area (TPSA) is 42.4 Å². The SMILES string of the molecule is CCC1(C)OC(O)c2c1cc(Cl)nc2Cl. The summed E-state index contributed by atoms with van der Waals surface area (Å²) in [5, 5.41) is 10.3. The summed E-state index contributed by atoms with van der Waals surface area (Å²) in [5.74, 6) is 0. The molecule has 0 bridgehead atoms. The summed E-state index contributed by atoms with van der Waals surface area (Å²) in [4.78, 5) is 3.89. The maximum Gasteiger partial charge on any atom is 0.185 e. The van der Waals surface area contributed by atoms with Gasteiger partial charge in [0.2, 0.25) is 0 Å². The Bertz CT molecular complexity index is 411. The largest absolute Gasteiger partial charge is 0.364 e. The van der Waals surface area contributed by atoms with Crippen LogP contribution in [0.25, 0.3) is 0 Å². The molecule has 1 aliphatic rings. The van der Waals surface area contributed by atoms with Gasteiger partial charge in [-0.25, -0.2) is 4.98 Å². The summed E-state index contributed by atoms with van der Waals surface area (Å²) in [5.41, 5.74) is 0.818. The van der Waals surface area contributed by atoms with Gasteiger partial charge in [0, 0.05) is 0 Å². The molecule has 2 atom stereocenters. The van der Waals surface area contributed by atoms with Crippen molar-refractivity contribution >= 4 is 23.2 Å². The van der Waals surface area contributed by atoms with Gasteiger partial charge in [-0.2, -0.15) is 0 Å². The Kier molecular flexibility index (Phi) is 2.67. The monoisotopic (exact) mass is 247 g/mol. The van der Waals surface area contributed by atoms with Crippen molar-refractivity contribution in [1.82, 2.24) is 4.98 Å². The second kappa shape index (κ2) is 3.59. The van der Waals surface area contributed by atoms with E-state index in [1.807, 2.05) is 13.8 Å². The smallest absolute Gasteiger partial charge is 0.185 e. The fraction of sp³-hybridized carbons (Fsp3) is 0.500. The van der Waals surface area contributed by atoms with Gasteiger partial charge >= 0.3 is 0 Å². The van der Waals surface area contributed by atoms with Crippen molar-refractivity contribution in [1.29, 1.82) is 0 Å². The Labute approximate surface area is 98.0 Å². The number of aliphatic hydroxyl groups excluding tert-OH is 1. The molecular weight excluding hydrogens is 237 g/mol. The van der Waals surface area contributed by atoms with Crippen LogP contribution in [-0.2, 0) is 10.3 Å². The first-order valence-electron chi connectivity index (χ1n) is 4.70. The summed E-state index contributed by atoms with van der Waals surface area (Å²) >= 11 is 11.7. The van der Waals surface area contributed by atoms with Gasteiger partial charge in [0.1, 0.15) is 10.3 Å². The highest BCUT2D eigenvalue weighted by atomic mass is 35.5. The van der Waals surface area contributed by atoms with Gasteiger partial charge in [-0.3, -0.25) is 0 Å². The molecule has 5 heteroatoms. The van der Waals surface area contributed by atoms with Crippen LogP contribution in [0.5, 0.6) is 0 Å². The lowest BCUT2D eigenvalue weighted by Crippen LogP contribution is -2.19. The third-order valence-corrected chi connectivity index (χ3v) is 3.33. The number of fused-ring (bicyclic) bond motifs is 1. The van der Waals surface area contributed by atoms with Gasteiger partial charge < -0.3 is 9.84 Å². The van der Waals surface area contributed by atoms with Crippen molar-refractivity contribution in [2.75, 3.05) is 0 Å². The number of rotatable bonds is 1. The van der Waals surface area contributed by atoms with Crippen LogP contribution in [0, 0.1) is 0 Å². The third kappa shape index (κ3) is 1.64. The van der Waals surface area contributed by atoms with E-state index in [2.05, 4.69) is 4.98 Å². The summed E-state index contributed by atoms with van der Waals surface area (Å²) in [7, 11) is 0. The molecule has 1 aliphatic heterocycles. The van der Waals surface area contributed by atoms with Crippen LogP contribution in [0.15, 0.2) is 6.07 Å². The Morgan fingerprint density at radius 3 is 2.87 bits per heavy atom. The van der Waals surface area contributed by atoms with Gasteiger partial charge in [0.25, 0.3) is 0 Å². The first kappa shape index (κ1) is 11.1. The molecule has 1 aromatic heterocycles. The molecule has 0 saturated heterocycles. The zero-order chi connectivity index (χ0) is 11.2. The number of pyridine rings is 1. The van der Waals surface area contributed by atoms with Crippen molar-refractivity contribution in [3.8, 4) is 0 Å². The molecule has 0 radical (unpaired) electrons. The third-order valence-electron chi connectivity index (χ3n) is 2.84. The number of aromatic nitrogens is 1. The second-order valence-corrected chi connectivity index (χ2v) is 4.50. The van der Waals surface area contributed by atoms with Crippen LogP contribution in [0.4, 0.5) is 0 Å². The van der Waals surface area contributed by atoms with E-state index in [-0.39, 0.29) is 5.15 Å². The lowest BCUT2D eigenvalue weighted by molar-refractivity contribution is -0.166. The van der Waals surface area contributed by atoms with E-state index in [1.54, 1.807) is 6.07 Å². The Balaban J connectivity index is 2.65. The fourth-order valence-electron chi connectivity index (χ4n) is 1.81. The Hall–Kier alpha value is -0.350. The molecule has 2 rings (SSSR count). The molecule has 3 nitrogen and oxygen atoms in total. The number of hydrogen-bond donors (Lipinski definition) is 1. The molecule has 0 aliphatic carbocycles. The Morgan fingerprint density at radius 2 is 2.27 bits per heavy atom. The summed E-state index contributed by atoms with van der Waals surface area (Å²) in [6.45, 7) is 3.87. The lowest BCUT2D eigenvalue weighted by Gasteiger charge is -2.22. The highest BCUT2D eigenvalue weighted by molar-refractivity contribution is 6.33. The summed E-state index contributed by atoms with van der Waals surface area (Å²) < 4.78 is 5.48. The van der Waals surface area contributed by atoms with Gasteiger partial charge in [-0.05, 0) is 25.0 Å². The molecule has 1 N–H and O–H groups in total. The second-order valence-electron chi connectivity index (χ2n) is 3.75. The van der Waals surface area contributed by atoms with Gasteiger partial charge in [0.05, 0.1) is 11.2 Å². The van der Waals surface area contributed by atoms with E-state index in [0.29, 0.717) is 10.7 Å². The van der Waals surface area contributed by atoms with Crippen LogP contribution >= 0.6 is 23.2 Å². The van der Waals surface area contributed by atoms with E-state index < -0.39 is 11.9 Å². The first-order chi connectivity index (χ1) is 6.98. The molecule has 2 heterocycles. The van der Waals surface area contributed by atoms with Crippen molar-refractivity contribution in [2.24, 2.45) is 0 Å². The van der Waals surface area contributed by atoms with Crippen molar-refractivity contribution in [3.05, 3.63) is 27.5 Å². The van der Waals surface area contributed by atoms with Crippen LogP contribution in [-0.4, -0.2) is 10.1 Å². The van der Waals surface area contributed by atoms with E-state index in [9.17, 15) is 5.11 Å². The molecule has 15 heavy (non-hydrogen) atoms. The molecule has 2 unspecified atom stereocenters. The molecule has 0 saturated carbocycles. The predicted molar refractivity (Wildman–Crippen MR) is 57.9 cm³/mol. The zero-order valence-corrected chi connectivity index (χ0v) is 9.93. The van der Waals surface area contributed by atoms with E-state index in [4.69, 9.17) is 27.9 Å². The maximum absolute atomic E-state index is 9.73. The van der Waals surface area contributed by atoms with Gasteiger partial charge in [-0.1, -0.05) is 30.1 Å². The molecule has 0 aromatic carbocycles. The molecule has 0 spiro atoms. The average Bonchev–Trinajstić information content (AvgIpc) is 2.39. The van der Waals surface area contributed by atoms with E-state index in [0.717, 1.165) is 12.0 Å². The van der Waals surface area contributed by atoms with E-state index in [1.165, 1.54) is 0 Å². The van der Waals surface area contributed by atoms with Crippen LogP contribution in [0.2, 0.25) is 10.3 Å². The van der Waals surface area contributed by atoms with Gasteiger partial charge in [0.15, 0.2) is 6.29 Å². The summed E-state index contributed by atoms with van der Waals surface area (Å²) in [6.07, 6.45) is -0.282. The minimum Gasteiger partial charge on any atom is -0.364 e. The fourth-order valence-corrected chi connectivity index (χ4v) is 2.33. The Morgan fingerprint density at radius 1 is 1.60 bits per heavy atom. The van der Waals surface area contributed by atoms with E-state index >= 15 is 0 Å². The predicted octanol–water partition coefficient (Wildman–Crippen LogP) is 3.03. The quantitative estimate of drug-likeness (QED) is 0.776. The maximum atomic E-state index is 9.73. The highest BCUT2D eigenvalue weighted by Gasteiger charge is 2.41. The van der Waals surface area contributed by atoms with Gasteiger partial charge in [-0.15, -0.1) is 0 Å². The zero-order valence-electron chi connectivity index (χ0n) is 8.42. The number of nitrogens with zero attached hydrogens (tertiary/aromatic N) is 1. The molecular formula is C10H11Cl2NO2. The highest BCUT2D eigenvalue weighted by Crippen LogP contribution is 2.46. The molecule has 82 valence electrons. The minimum atomic E-state index is -1.01. The van der Waals surface area contributed by atoms with Crippen molar-refractivity contribution < 1.29 is 9.84 Å². The van der Waals surface area contributed by atoms with Crippen molar-refractivity contribution in [2.45, 2.75) is 32.2 Å². The van der Waals surface area contributed by atoms with Crippen molar-refractivity contribution in [3.63, 3.8) is 0 Å². The summed E-state index contributed by atoms with van der Waals surface area (Å²) in [6, 6.07) is 1.70. The number of halogens is 2. The number of hydrogen-bond acceptors (Lipinski definition) is 3. The lowest BCUT2D eigenvalue weighted by atomic mass is 9.93. The number of aliphatic hydroxyl groups is 1. The van der Waals surface area contributed by atoms with Crippen LogP contribution in [0.1, 0.15) is 37.7 Å². The van der Waals surface area contributed by atoms with Crippen LogP contribution < -0.4 is 0 Å². The molecule has 0 amide bonds. The number of ether oxygens (including phenoxy) is 1. The standard InChI is InChI=1S/C10H11Cl2NO2/c1-3-10(2)5-4-6(11)13-8(12)7(5)9(14)15-10/h4,9,14H,3H2,1-2H3. The average molecular weight is 248 g/mol. The molecule has 1 aromatic rings.